The molecule has 1 aliphatic carbocycles. The number of nitrogens with zero attached hydrogens (tertiary/aromatic N) is 1. The lowest BCUT2D eigenvalue weighted by Crippen LogP contribution is -2.37. The second-order valence-electron chi connectivity index (χ2n) is 3.61. The Morgan fingerprint density at radius 2 is 1.92 bits per heavy atom. The Bertz CT molecular complexity index is 108. The van der Waals surface area contributed by atoms with Crippen LogP contribution in [0.3, 0.4) is 0 Å². The zero-order valence-electron chi connectivity index (χ0n) is 8.06. The van der Waals surface area contributed by atoms with Crippen LogP contribution < -0.4 is 0 Å². The van der Waals surface area contributed by atoms with Crippen LogP contribution >= 0.6 is 11.6 Å². The predicted molar refractivity (Wildman–Crippen MR) is 54.8 cm³/mol. The van der Waals surface area contributed by atoms with Gasteiger partial charge in [0.25, 0.3) is 0 Å². The van der Waals surface area contributed by atoms with Crippen molar-refractivity contribution in [3.63, 3.8) is 0 Å². The van der Waals surface area contributed by atoms with Gasteiger partial charge in [-0.25, -0.2) is 0 Å². The van der Waals surface area contributed by atoms with Crippen molar-refractivity contribution in [3.8, 4) is 0 Å². The summed E-state index contributed by atoms with van der Waals surface area (Å²) in [5.74, 6) is 0.782. The van der Waals surface area contributed by atoms with E-state index >= 15 is 0 Å². The maximum absolute atomic E-state index is 5.75. The average Bonchev–Trinajstić information content (AvgIpc) is 2.15. The van der Waals surface area contributed by atoms with E-state index in [1.54, 1.807) is 0 Å². The number of alkyl halides is 1. The van der Waals surface area contributed by atoms with Crippen LogP contribution in [-0.4, -0.2) is 29.9 Å². The summed E-state index contributed by atoms with van der Waals surface area (Å²) >= 11 is 5.75. The van der Waals surface area contributed by atoms with E-state index in [1.807, 2.05) is 0 Å². The van der Waals surface area contributed by atoms with Crippen LogP contribution in [0, 0.1) is 0 Å². The van der Waals surface area contributed by atoms with E-state index < -0.39 is 0 Å². The Morgan fingerprint density at radius 3 is 2.42 bits per heavy atom. The molecule has 0 N–H and O–H groups in total. The molecular formula is C10H20ClN. The van der Waals surface area contributed by atoms with Crippen molar-refractivity contribution in [2.24, 2.45) is 0 Å². The van der Waals surface area contributed by atoms with Gasteiger partial charge in [0.05, 0.1) is 0 Å². The van der Waals surface area contributed by atoms with E-state index in [2.05, 4.69) is 11.8 Å². The Hall–Kier alpha value is 0.250. The third-order valence-electron chi connectivity index (χ3n) is 2.87. The molecule has 1 fully saturated rings. The Balaban J connectivity index is 2.29. The third kappa shape index (κ3) is 2.95. The van der Waals surface area contributed by atoms with E-state index in [0.29, 0.717) is 0 Å². The molecule has 72 valence electrons. The predicted octanol–water partition coefficient (Wildman–Crippen LogP) is 2.88. The molecule has 1 nitrogen and oxygen atoms in total. The monoisotopic (exact) mass is 189 g/mol. The molecule has 0 heterocycles. The molecule has 0 aliphatic heterocycles. The van der Waals surface area contributed by atoms with Crippen molar-refractivity contribution < 1.29 is 0 Å². The summed E-state index contributed by atoms with van der Waals surface area (Å²) in [6.07, 6.45) is 7.07. The fraction of sp³-hybridized carbons (Fsp3) is 1.00. The summed E-state index contributed by atoms with van der Waals surface area (Å²) in [6, 6.07) is 0.836. The van der Waals surface area contributed by atoms with Gasteiger partial charge in [-0.15, -0.1) is 11.6 Å². The highest BCUT2D eigenvalue weighted by atomic mass is 35.5. The van der Waals surface area contributed by atoms with Gasteiger partial charge in [0.1, 0.15) is 0 Å². The lowest BCUT2D eigenvalue weighted by molar-refractivity contribution is 0.173. The zero-order valence-corrected chi connectivity index (χ0v) is 8.82. The first-order valence-electron chi connectivity index (χ1n) is 5.18. The molecule has 1 rings (SSSR count). The fourth-order valence-corrected chi connectivity index (χ4v) is 2.37. The van der Waals surface area contributed by atoms with E-state index in [-0.39, 0.29) is 0 Å². The van der Waals surface area contributed by atoms with Gasteiger partial charge in [0.15, 0.2) is 0 Å². The van der Waals surface area contributed by atoms with E-state index in [4.69, 9.17) is 11.6 Å². The first kappa shape index (κ1) is 10.3. The smallest absolute Gasteiger partial charge is 0.0351 e. The highest BCUT2D eigenvalue weighted by Crippen LogP contribution is 2.22. The molecule has 0 radical (unpaired) electrons. The zero-order chi connectivity index (χ0) is 8.81. The summed E-state index contributed by atoms with van der Waals surface area (Å²) in [7, 11) is 0. The van der Waals surface area contributed by atoms with Crippen LogP contribution in [0.2, 0.25) is 0 Å². The molecule has 0 amide bonds. The largest absolute Gasteiger partial charge is 0.299 e. The van der Waals surface area contributed by atoms with Crippen LogP contribution in [0.4, 0.5) is 0 Å². The molecule has 12 heavy (non-hydrogen) atoms. The normalized spacial score (nSPS) is 20.2. The molecule has 0 unspecified atom stereocenters. The molecule has 0 atom stereocenters. The van der Waals surface area contributed by atoms with Crippen molar-refractivity contribution in [3.05, 3.63) is 0 Å². The Morgan fingerprint density at radius 1 is 1.25 bits per heavy atom. The average molecular weight is 190 g/mol. The third-order valence-corrected chi connectivity index (χ3v) is 3.04. The molecule has 0 aromatic heterocycles. The first-order valence-corrected chi connectivity index (χ1v) is 5.72. The minimum atomic E-state index is 0.782. The maximum Gasteiger partial charge on any atom is 0.0351 e. The molecule has 0 bridgehead atoms. The molecule has 1 saturated carbocycles. The van der Waals surface area contributed by atoms with Gasteiger partial charge in [-0.05, 0) is 19.4 Å². The van der Waals surface area contributed by atoms with Crippen molar-refractivity contribution in [1.82, 2.24) is 4.90 Å². The molecule has 1 aliphatic rings. The second-order valence-corrected chi connectivity index (χ2v) is 3.99. The molecule has 2 heteroatoms. The minimum Gasteiger partial charge on any atom is -0.299 e. The highest BCUT2D eigenvalue weighted by molar-refractivity contribution is 6.18. The standard InChI is InChI=1S/C10H20ClN/c1-2-12(9-8-11)10-6-4-3-5-7-10/h10H,2-9H2,1H3. The van der Waals surface area contributed by atoms with Crippen molar-refractivity contribution in [1.29, 1.82) is 0 Å². The molecule has 0 aromatic carbocycles. The van der Waals surface area contributed by atoms with Crippen LogP contribution in [0.5, 0.6) is 0 Å². The molecule has 0 aromatic rings. The van der Waals surface area contributed by atoms with Crippen LogP contribution in [-0.2, 0) is 0 Å². The van der Waals surface area contributed by atoms with Crippen LogP contribution in [0.25, 0.3) is 0 Å². The summed E-state index contributed by atoms with van der Waals surface area (Å²) < 4.78 is 0. The van der Waals surface area contributed by atoms with Crippen molar-refractivity contribution in [2.45, 2.75) is 45.1 Å². The molecule has 0 saturated heterocycles. The van der Waals surface area contributed by atoms with Crippen molar-refractivity contribution in [2.75, 3.05) is 19.0 Å². The quantitative estimate of drug-likeness (QED) is 0.615. The van der Waals surface area contributed by atoms with Gasteiger partial charge < -0.3 is 0 Å². The number of rotatable bonds is 4. The fourth-order valence-electron chi connectivity index (χ4n) is 2.15. The van der Waals surface area contributed by atoms with Crippen LogP contribution in [0.1, 0.15) is 39.0 Å². The van der Waals surface area contributed by atoms with Gasteiger partial charge in [-0.3, -0.25) is 4.90 Å². The highest BCUT2D eigenvalue weighted by Gasteiger charge is 2.18. The minimum absolute atomic E-state index is 0.782. The van der Waals surface area contributed by atoms with Gasteiger partial charge in [0.2, 0.25) is 0 Å². The second kappa shape index (κ2) is 5.82. The number of halogens is 1. The number of hydrogen-bond donors (Lipinski definition) is 0. The summed E-state index contributed by atoms with van der Waals surface area (Å²) in [4.78, 5) is 2.53. The summed E-state index contributed by atoms with van der Waals surface area (Å²) in [5.41, 5.74) is 0. The molecule has 0 spiro atoms. The van der Waals surface area contributed by atoms with Crippen LogP contribution in [0.15, 0.2) is 0 Å². The van der Waals surface area contributed by atoms with Gasteiger partial charge in [-0.2, -0.15) is 0 Å². The van der Waals surface area contributed by atoms with Gasteiger partial charge in [0, 0.05) is 18.5 Å². The van der Waals surface area contributed by atoms with E-state index in [0.717, 1.165) is 25.0 Å². The lowest BCUT2D eigenvalue weighted by atomic mass is 9.94. The molecular weight excluding hydrogens is 170 g/mol. The lowest BCUT2D eigenvalue weighted by Gasteiger charge is -2.32. The Kier molecular flexibility index (Phi) is 5.01. The maximum atomic E-state index is 5.75. The first-order chi connectivity index (χ1) is 5.88. The summed E-state index contributed by atoms with van der Waals surface area (Å²) in [5, 5.41) is 0. The van der Waals surface area contributed by atoms with Gasteiger partial charge in [-0.1, -0.05) is 26.2 Å². The number of hydrogen-bond acceptors (Lipinski definition) is 1. The topological polar surface area (TPSA) is 3.24 Å². The van der Waals surface area contributed by atoms with E-state index in [1.165, 1.54) is 32.1 Å². The summed E-state index contributed by atoms with van der Waals surface area (Å²) in [6.45, 7) is 4.47. The van der Waals surface area contributed by atoms with Gasteiger partial charge >= 0.3 is 0 Å². The van der Waals surface area contributed by atoms with Crippen molar-refractivity contribution >= 4 is 11.6 Å². The van der Waals surface area contributed by atoms with E-state index in [9.17, 15) is 0 Å². The SMILES string of the molecule is CCN(CCCl)C1CCCCC1. The Labute approximate surface area is 81.1 Å².